The summed E-state index contributed by atoms with van der Waals surface area (Å²) < 4.78 is 4.71. The lowest BCUT2D eigenvalue weighted by Crippen LogP contribution is -2.31. The van der Waals surface area contributed by atoms with Crippen LogP contribution in [0, 0.1) is 11.8 Å². The molecule has 94 valence electrons. The second-order valence-corrected chi connectivity index (χ2v) is 5.23. The van der Waals surface area contributed by atoms with Crippen molar-refractivity contribution in [3.8, 4) is 0 Å². The maximum Gasteiger partial charge on any atom is 0.305 e. The third-order valence-electron chi connectivity index (χ3n) is 3.46. The molecule has 1 aliphatic carbocycles. The molecule has 3 heteroatoms. The zero-order valence-corrected chi connectivity index (χ0v) is 10.8. The maximum absolute atomic E-state index is 11.1. The SMILES string of the molecule is COC(=O)C[C@H]1CC[C@H](CNC(C)C)CC1. The molecule has 1 N–H and O–H groups in total. The highest BCUT2D eigenvalue weighted by Crippen LogP contribution is 2.30. The highest BCUT2D eigenvalue weighted by Gasteiger charge is 2.23. The van der Waals surface area contributed by atoms with Crippen molar-refractivity contribution in [1.82, 2.24) is 5.32 Å². The van der Waals surface area contributed by atoms with Crippen LogP contribution in [0.15, 0.2) is 0 Å². The summed E-state index contributed by atoms with van der Waals surface area (Å²) in [6.45, 7) is 5.49. The van der Waals surface area contributed by atoms with Crippen LogP contribution in [-0.4, -0.2) is 25.7 Å². The number of rotatable bonds is 5. The van der Waals surface area contributed by atoms with Crippen LogP contribution in [0.2, 0.25) is 0 Å². The Hall–Kier alpha value is -0.570. The van der Waals surface area contributed by atoms with Gasteiger partial charge in [0.15, 0.2) is 0 Å². The van der Waals surface area contributed by atoms with Gasteiger partial charge >= 0.3 is 5.97 Å². The van der Waals surface area contributed by atoms with Crippen molar-refractivity contribution in [1.29, 1.82) is 0 Å². The number of hydrogen-bond acceptors (Lipinski definition) is 3. The van der Waals surface area contributed by atoms with E-state index in [9.17, 15) is 4.79 Å². The molecule has 3 nitrogen and oxygen atoms in total. The van der Waals surface area contributed by atoms with E-state index in [0.29, 0.717) is 18.4 Å². The molecule has 0 bridgehead atoms. The molecule has 16 heavy (non-hydrogen) atoms. The summed E-state index contributed by atoms with van der Waals surface area (Å²) in [5, 5.41) is 3.49. The minimum absolute atomic E-state index is 0.0521. The fraction of sp³-hybridized carbons (Fsp3) is 0.923. The summed E-state index contributed by atoms with van der Waals surface area (Å²) in [4.78, 5) is 11.1. The van der Waals surface area contributed by atoms with Gasteiger partial charge in [0.2, 0.25) is 0 Å². The Morgan fingerprint density at radius 2 is 1.81 bits per heavy atom. The Kier molecular flexibility index (Phi) is 5.81. The van der Waals surface area contributed by atoms with Gasteiger partial charge in [0.05, 0.1) is 7.11 Å². The molecule has 0 amide bonds. The van der Waals surface area contributed by atoms with Crippen LogP contribution in [0.25, 0.3) is 0 Å². The Labute approximate surface area is 98.9 Å². The Bertz CT molecular complexity index is 208. The highest BCUT2D eigenvalue weighted by molar-refractivity contribution is 5.69. The molecule has 0 radical (unpaired) electrons. The fourth-order valence-electron chi connectivity index (χ4n) is 2.36. The predicted octanol–water partition coefficient (Wildman–Crippen LogP) is 2.35. The molecule has 1 fully saturated rings. The number of hydrogen-bond donors (Lipinski definition) is 1. The van der Waals surface area contributed by atoms with E-state index in [-0.39, 0.29) is 5.97 Å². The van der Waals surface area contributed by atoms with Crippen LogP contribution in [0.3, 0.4) is 0 Å². The quantitative estimate of drug-likeness (QED) is 0.733. The minimum atomic E-state index is -0.0521. The molecule has 0 unspecified atom stereocenters. The van der Waals surface area contributed by atoms with Gasteiger partial charge in [0.25, 0.3) is 0 Å². The molecule has 1 rings (SSSR count). The molecule has 1 aliphatic rings. The number of nitrogens with one attached hydrogen (secondary N) is 1. The standard InChI is InChI=1S/C13H25NO2/c1-10(2)14-9-12-6-4-11(5-7-12)8-13(15)16-3/h10-12,14H,4-9H2,1-3H3/t11-,12-. The summed E-state index contributed by atoms with van der Waals surface area (Å²) in [6.07, 6.45) is 5.47. The van der Waals surface area contributed by atoms with E-state index < -0.39 is 0 Å². The summed E-state index contributed by atoms with van der Waals surface area (Å²) in [5.74, 6) is 1.31. The van der Waals surface area contributed by atoms with Crippen molar-refractivity contribution in [3.05, 3.63) is 0 Å². The average molecular weight is 227 g/mol. The summed E-state index contributed by atoms with van der Waals surface area (Å²) in [7, 11) is 1.47. The van der Waals surface area contributed by atoms with E-state index in [1.54, 1.807) is 0 Å². The van der Waals surface area contributed by atoms with Crippen molar-refractivity contribution in [2.75, 3.05) is 13.7 Å². The molecule has 0 aromatic carbocycles. The first kappa shape index (κ1) is 13.5. The van der Waals surface area contributed by atoms with Crippen molar-refractivity contribution in [2.45, 2.75) is 52.0 Å². The zero-order chi connectivity index (χ0) is 12.0. The van der Waals surface area contributed by atoms with Gasteiger partial charge < -0.3 is 10.1 Å². The van der Waals surface area contributed by atoms with E-state index in [2.05, 4.69) is 19.2 Å². The Morgan fingerprint density at radius 3 is 2.31 bits per heavy atom. The van der Waals surface area contributed by atoms with Gasteiger partial charge in [-0.15, -0.1) is 0 Å². The molecule has 1 saturated carbocycles. The molecule has 0 saturated heterocycles. The summed E-state index contributed by atoms with van der Waals surface area (Å²) >= 11 is 0. The highest BCUT2D eigenvalue weighted by atomic mass is 16.5. The van der Waals surface area contributed by atoms with Crippen LogP contribution >= 0.6 is 0 Å². The lowest BCUT2D eigenvalue weighted by molar-refractivity contribution is -0.142. The van der Waals surface area contributed by atoms with Gasteiger partial charge in [-0.25, -0.2) is 0 Å². The third kappa shape index (κ3) is 4.97. The number of carbonyl (C=O) groups excluding carboxylic acids is 1. The smallest absolute Gasteiger partial charge is 0.305 e. The van der Waals surface area contributed by atoms with Crippen molar-refractivity contribution in [3.63, 3.8) is 0 Å². The minimum Gasteiger partial charge on any atom is -0.469 e. The normalized spacial score (nSPS) is 25.8. The first-order valence-electron chi connectivity index (χ1n) is 6.42. The van der Waals surface area contributed by atoms with Gasteiger partial charge in [0.1, 0.15) is 0 Å². The molecule has 0 aliphatic heterocycles. The second-order valence-electron chi connectivity index (χ2n) is 5.23. The lowest BCUT2D eigenvalue weighted by atomic mass is 9.80. The number of methoxy groups -OCH3 is 1. The molecule has 0 heterocycles. The fourth-order valence-corrected chi connectivity index (χ4v) is 2.36. The van der Waals surface area contributed by atoms with E-state index in [1.165, 1.54) is 32.8 Å². The molecule has 0 aromatic heterocycles. The largest absolute Gasteiger partial charge is 0.469 e. The number of carbonyl (C=O) groups is 1. The van der Waals surface area contributed by atoms with Crippen molar-refractivity contribution < 1.29 is 9.53 Å². The first-order valence-corrected chi connectivity index (χ1v) is 6.42. The lowest BCUT2D eigenvalue weighted by Gasteiger charge is -2.28. The van der Waals surface area contributed by atoms with Crippen LogP contribution in [0.4, 0.5) is 0 Å². The monoisotopic (exact) mass is 227 g/mol. The van der Waals surface area contributed by atoms with Crippen LogP contribution in [0.5, 0.6) is 0 Å². The van der Waals surface area contributed by atoms with Gasteiger partial charge in [-0.05, 0) is 44.1 Å². The van der Waals surface area contributed by atoms with Crippen LogP contribution in [0.1, 0.15) is 46.0 Å². The molecule has 0 aromatic rings. The van der Waals surface area contributed by atoms with Crippen molar-refractivity contribution in [2.24, 2.45) is 11.8 Å². The average Bonchev–Trinajstić information content (AvgIpc) is 2.28. The Balaban J connectivity index is 2.16. The third-order valence-corrected chi connectivity index (χ3v) is 3.46. The molecular weight excluding hydrogens is 202 g/mol. The molecular formula is C13H25NO2. The van der Waals surface area contributed by atoms with E-state index in [1.807, 2.05) is 0 Å². The molecule has 0 atom stereocenters. The van der Waals surface area contributed by atoms with E-state index in [0.717, 1.165) is 12.5 Å². The summed E-state index contributed by atoms with van der Waals surface area (Å²) in [6, 6.07) is 0.577. The number of esters is 1. The predicted molar refractivity (Wildman–Crippen MR) is 65.2 cm³/mol. The van der Waals surface area contributed by atoms with Gasteiger partial charge in [-0.3, -0.25) is 4.79 Å². The Morgan fingerprint density at radius 1 is 1.25 bits per heavy atom. The first-order chi connectivity index (χ1) is 7.61. The second kappa shape index (κ2) is 6.89. The van der Waals surface area contributed by atoms with Gasteiger partial charge in [-0.1, -0.05) is 13.8 Å². The zero-order valence-electron chi connectivity index (χ0n) is 10.8. The van der Waals surface area contributed by atoms with Gasteiger partial charge in [-0.2, -0.15) is 0 Å². The number of ether oxygens (including phenoxy) is 1. The van der Waals surface area contributed by atoms with Crippen molar-refractivity contribution >= 4 is 5.97 Å². The van der Waals surface area contributed by atoms with Gasteiger partial charge in [0, 0.05) is 12.5 Å². The van der Waals surface area contributed by atoms with E-state index >= 15 is 0 Å². The maximum atomic E-state index is 11.1. The summed E-state index contributed by atoms with van der Waals surface area (Å²) in [5.41, 5.74) is 0. The topological polar surface area (TPSA) is 38.3 Å². The molecule has 0 spiro atoms. The van der Waals surface area contributed by atoms with Crippen LogP contribution < -0.4 is 5.32 Å². The van der Waals surface area contributed by atoms with E-state index in [4.69, 9.17) is 4.74 Å². The van der Waals surface area contributed by atoms with Crippen LogP contribution in [-0.2, 0) is 9.53 Å².